The van der Waals surface area contributed by atoms with E-state index in [4.69, 9.17) is 23.2 Å². The van der Waals surface area contributed by atoms with Gasteiger partial charge in [-0.05, 0) is 106 Å². The van der Waals surface area contributed by atoms with Crippen LogP contribution in [0.1, 0.15) is 82.9 Å². The Labute approximate surface area is 379 Å². The molecule has 0 saturated carbocycles. The number of imide groups is 3. The summed E-state index contributed by atoms with van der Waals surface area (Å²) in [6.07, 6.45) is 0. The predicted molar refractivity (Wildman–Crippen MR) is 250 cm³/mol. The minimum Gasteiger partial charge on any atom is -0.354 e. The van der Waals surface area contributed by atoms with Gasteiger partial charge in [0.15, 0.2) is 10.9 Å². The summed E-state index contributed by atoms with van der Waals surface area (Å²) in [5, 5.41) is 3.18. The van der Waals surface area contributed by atoms with Gasteiger partial charge in [-0.25, -0.2) is 0 Å². The summed E-state index contributed by atoms with van der Waals surface area (Å²) >= 11 is 12.1. The number of fused-ring (bicyclic) bond motifs is 7. The topological polar surface area (TPSA) is 178 Å². The van der Waals surface area contributed by atoms with Crippen LogP contribution in [0.4, 0.5) is 0 Å². The Kier molecular flexibility index (Phi) is 12.0. The number of nitrogens with one attached hydrogen (secondary N) is 2. The average molecular weight is 907 g/mol. The largest absolute Gasteiger partial charge is 0.354 e. The average Bonchev–Trinajstić information content (AvgIpc) is 3.83. The number of aromatic nitrogens is 2. The fraction of sp³-hybridized carbons (Fsp3) is 0.120. The third kappa shape index (κ3) is 7.85. The van der Waals surface area contributed by atoms with Crippen LogP contribution in [-0.2, 0) is 0 Å². The molecule has 11 rings (SSSR count). The summed E-state index contributed by atoms with van der Waals surface area (Å²) < 4.78 is 0. The van der Waals surface area contributed by atoms with Crippen molar-refractivity contribution in [2.45, 2.75) is 20.8 Å². The molecule has 6 amide bonds. The Morgan fingerprint density at radius 3 is 0.846 bits per heavy atom. The predicted octanol–water partition coefficient (Wildman–Crippen LogP) is 8.89. The first kappa shape index (κ1) is 43.9. The Morgan fingerprint density at radius 1 is 0.354 bits per heavy atom. The maximum atomic E-state index is 12.9. The molecule has 0 atom stereocenters. The minimum atomic E-state index is -0.178. The molecular formula is C50H37Cl2N5O8. The number of carbonyl (C=O) groups is 6. The number of hydrogen-bond acceptors (Lipinski definition) is 8. The summed E-state index contributed by atoms with van der Waals surface area (Å²) in [6, 6.07) is 34.3. The van der Waals surface area contributed by atoms with Gasteiger partial charge < -0.3 is 9.97 Å². The van der Waals surface area contributed by atoms with Crippen LogP contribution in [0.5, 0.6) is 0 Å². The van der Waals surface area contributed by atoms with Gasteiger partial charge in [-0.15, -0.1) is 0 Å². The van der Waals surface area contributed by atoms with Crippen LogP contribution in [0.2, 0.25) is 10.0 Å². The lowest BCUT2D eigenvalue weighted by atomic mass is 10.1. The summed E-state index contributed by atoms with van der Waals surface area (Å²) in [7, 11) is 0. The van der Waals surface area contributed by atoms with Crippen LogP contribution in [-0.4, -0.2) is 79.7 Å². The number of nitrogens with zero attached hydrogens (tertiary/aromatic N) is 3. The summed E-state index contributed by atoms with van der Waals surface area (Å²) in [5.41, 5.74) is 5.37. The molecule has 324 valence electrons. The number of amides is 6. The van der Waals surface area contributed by atoms with Crippen LogP contribution in [0.15, 0.2) is 131 Å². The third-order valence-electron chi connectivity index (χ3n) is 11.2. The third-order valence-corrected chi connectivity index (χ3v) is 11.7. The lowest BCUT2D eigenvalue weighted by Gasteiger charge is -2.08. The minimum absolute atomic E-state index is 0.112. The Hall–Kier alpha value is -7.74. The zero-order valence-electron chi connectivity index (χ0n) is 35.0. The molecule has 3 aliphatic rings. The van der Waals surface area contributed by atoms with E-state index in [2.05, 4.69) is 9.97 Å². The van der Waals surface area contributed by atoms with Crippen molar-refractivity contribution < 1.29 is 28.8 Å². The quantitative estimate of drug-likeness (QED) is 0.130. The molecule has 2 N–H and O–H groups in total. The number of carbonyl (C=O) groups excluding carboxylic acids is 6. The van der Waals surface area contributed by atoms with Gasteiger partial charge in [-0.2, -0.15) is 0 Å². The van der Waals surface area contributed by atoms with Crippen molar-refractivity contribution >= 4 is 102 Å². The van der Waals surface area contributed by atoms with Gasteiger partial charge in [0.05, 0.1) is 55.4 Å². The van der Waals surface area contributed by atoms with E-state index in [0.29, 0.717) is 107 Å². The van der Waals surface area contributed by atoms with E-state index in [1.807, 2.05) is 0 Å². The molecule has 0 aliphatic carbocycles. The fourth-order valence-corrected chi connectivity index (χ4v) is 8.32. The van der Waals surface area contributed by atoms with Crippen molar-refractivity contribution in [1.29, 1.82) is 0 Å². The second kappa shape index (κ2) is 17.8. The van der Waals surface area contributed by atoms with Crippen molar-refractivity contribution in [2.75, 3.05) is 19.6 Å². The molecular weight excluding hydrogens is 869 g/mol. The molecule has 8 aromatic rings. The van der Waals surface area contributed by atoms with Gasteiger partial charge in [0.25, 0.3) is 35.4 Å². The lowest BCUT2D eigenvalue weighted by molar-refractivity contribution is 0.0647. The molecule has 0 saturated heterocycles. The normalized spacial score (nSPS) is 13.7. The van der Waals surface area contributed by atoms with Gasteiger partial charge in [0.2, 0.25) is 0 Å². The highest BCUT2D eigenvalue weighted by atomic mass is 35.5. The summed E-state index contributed by atoms with van der Waals surface area (Å²) in [6.45, 7) is 6.69. The van der Waals surface area contributed by atoms with E-state index >= 15 is 0 Å². The molecule has 65 heavy (non-hydrogen) atoms. The molecule has 0 bridgehead atoms. The number of hydrogen-bond donors (Lipinski definition) is 2. The highest BCUT2D eigenvalue weighted by Crippen LogP contribution is 2.26. The van der Waals surface area contributed by atoms with E-state index in [0.717, 1.165) is 0 Å². The Morgan fingerprint density at radius 2 is 0.600 bits per heavy atom. The molecule has 6 aromatic carbocycles. The second-order valence-corrected chi connectivity index (χ2v) is 15.8. The maximum absolute atomic E-state index is 12.9. The first-order valence-electron chi connectivity index (χ1n) is 20.5. The van der Waals surface area contributed by atoms with Crippen molar-refractivity contribution in [2.24, 2.45) is 0 Å². The van der Waals surface area contributed by atoms with Crippen LogP contribution in [0, 0.1) is 0 Å². The molecule has 2 aromatic heterocycles. The molecule has 15 heteroatoms. The second-order valence-electron chi connectivity index (χ2n) is 14.9. The number of aromatic amines is 2. The first-order chi connectivity index (χ1) is 31.3. The van der Waals surface area contributed by atoms with E-state index < -0.39 is 0 Å². The zero-order valence-corrected chi connectivity index (χ0v) is 36.5. The first-order valence-corrected chi connectivity index (χ1v) is 21.3. The Bertz CT molecular complexity index is 3070. The van der Waals surface area contributed by atoms with Crippen molar-refractivity contribution in [3.63, 3.8) is 0 Å². The van der Waals surface area contributed by atoms with Gasteiger partial charge >= 0.3 is 0 Å². The fourth-order valence-electron chi connectivity index (χ4n) is 7.98. The highest BCUT2D eigenvalue weighted by molar-refractivity contribution is 6.31. The molecule has 5 heterocycles. The van der Waals surface area contributed by atoms with Crippen LogP contribution < -0.4 is 10.9 Å². The SMILES string of the molecule is CCN1C(=O)c2ccccc2C1=O.CCN1C(=O)c2ccccc2C1=O.CCN1C(=O)c2ccccc2C1=O.O=c1c2ccc(Cl)cc2[nH]c2cc3c(=O)c4ccc(Cl)cc4[nH]c3cc12. The smallest absolute Gasteiger partial charge is 0.261 e. The lowest BCUT2D eigenvalue weighted by Crippen LogP contribution is -2.29. The number of benzene rings is 6. The molecule has 0 radical (unpaired) electrons. The van der Waals surface area contributed by atoms with Gasteiger partial charge in [0, 0.05) is 51.2 Å². The standard InChI is InChI=1S/C20H10Cl2N2O2.3C10H9NO2/c21-9-1-3-11-15(5-9)23-17-8-14-18(7-13(17)19(11)25)24-16-6-10(22)2-4-12(16)20(14)26;3*1-2-11-9(12)7-5-3-4-6-8(7)10(11)13/h1-8H,(H,23,25)(H,24,26);3*3-6H,2H2,1H3. The van der Waals surface area contributed by atoms with E-state index in [-0.39, 0.29) is 46.3 Å². The number of rotatable bonds is 3. The van der Waals surface area contributed by atoms with Crippen molar-refractivity contribution in [3.05, 3.63) is 185 Å². The Balaban J connectivity index is 0.000000126. The number of H-pyrrole nitrogens is 2. The van der Waals surface area contributed by atoms with E-state index in [1.165, 1.54) is 14.7 Å². The van der Waals surface area contributed by atoms with Crippen molar-refractivity contribution in [3.8, 4) is 0 Å². The van der Waals surface area contributed by atoms with Crippen LogP contribution in [0.3, 0.4) is 0 Å². The maximum Gasteiger partial charge on any atom is 0.261 e. The number of halogens is 2. The molecule has 0 spiro atoms. The van der Waals surface area contributed by atoms with Gasteiger partial charge in [-0.1, -0.05) is 59.6 Å². The van der Waals surface area contributed by atoms with E-state index in [9.17, 15) is 38.4 Å². The molecule has 0 fully saturated rings. The van der Waals surface area contributed by atoms with Crippen LogP contribution >= 0.6 is 23.2 Å². The summed E-state index contributed by atoms with van der Waals surface area (Å²) in [5.74, 6) is -1.07. The van der Waals surface area contributed by atoms with Gasteiger partial charge in [-0.3, -0.25) is 53.1 Å². The summed E-state index contributed by atoms with van der Waals surface area (Å²) in [4.78, 5) is 105. The van der Waals surface area contributed by atoms with Crippen LogP contribution in [0.25, 0.3) is 43.6 Å². The molecule has 0 unspecified atom stereocenters. The van der Waals surface area contributed by atoms with Crippen molar-refractivity contribution in [1.82, 2.24) is 24.7 Å². The monoisotopic (exact) mass is 905 g/mol. The van der Waals surface area contributed by atoms with Gasteiger partial charge in [0.1, 0.15) is 0 Å². The highest BCUT2D eigenvalue weighted by Gasteiger charge is 2.35. The zero-order chi connectivity index (χ0) is 46.3. The van der Waals surface area contributed by atoms with E-state index in [1.54, 1.807) is 142 Å². The number of pyridine rings is 2. The molecule has 13 nitrogen and oxygen atoms in total. The molecule has 3 aliphatic heterocycles.